The van der Waals surface area contributed by atoms with Gasteiger partial charge in [-0.2, -0.15) is 0 Å². The van der Waals surface area contributed by atoms with E-state index in [-0.39, 0.29) is 11.9 Å². The van der Waals surface area contributed by atoms with Gasteiger partial charge < -0.3 is 10.2 Å². The molecular formula is C20H34N6O2. The van der Waals surface area contributed by atoms with E-state index >= 15 is 0 Å². The summed E-state index contributed by atoms with van der Waals surface area (Å²) >= 11 is 0. The summed E-state index contributed by atoms with van der Waals surface area (Å²) in [4.78, 5) is 28.9. The number of piperazine rings is 1. The highest BCUT2D eigenvalue weighted by Gasteiger charge is 2.24. The first-order valence-electron chi connectivity index (χ1n) is 10.7. The highest BCUT2D eigenvalue weighted by molar-refractivity contribution is 5.91. The summed E-state index contributed by atoms with van der Waals surface area (Å²) in [6.07, 6.45) is 8.78. The van der Waals surface area contributed by atoms with Gasteiger partial charge >= 0.3 is 0 Å². The lowest BCUT2D eigenvalue weighted by Crippen LogP contribution is -2.49. The van der Waals surface area contributed by atoms with Crippen LogP contribution in [-0.4, -0.2) is 75.4 Å². The van der Waals surface area contributed by atoms with Gasteiger partial charge in [-0.15, -0.1) is 5.10 Å². The second-order valence-electron chi connectivity index (χ2n) is 8.43. The Morgan fingerprint density at radius 3 is 2.50 bits per heavy atom. The van der Waals surface area contributed by atoms with E-state index in [1.54, 1.807) is 10.9 Å². The predicted octanol–water partition coefficient (Wildman–Crippen LogP) is 1.53. The van der Waals surface area contributed by atoms with Gasteiger partial charge in [0.15, 0.2) is 5.69 Å². The molecule has 1 aliphatic heterocycles. The Hall–Kier alpha value is -1.96. The highest BCUT2D eigenvalue weighted by atomic mass is 16.2. The van der Waals surface area contributed by atoms with E-state index < -0.39 is 0 Å². The van der Waals surface area contributed by atoms with Crippen LogP contribution in [0, 0.1) is 5.92 Å². The molecule has 2 amide bonds. The minimum Gasteiger partial charge on any atom is -0.348 e. The predicted molar refractivity (Wildman–Crippen MR) is 107 cm³/mol. The maximum atomic E-state index is 12.5. The van der Waals surface area contributed by atoms with E-state index in [0.29, 0.717) is 24.1 Å². The first kappa shape index (κ1) is 20.8. The number of carbonyl (C=O) groups is 2. The van der Waals surface area contributed by atoms with Crippen LogP contribution in [0.3, 0.4) is 0 Å². The largest absolute Gasteiger partial charge is 0.348 e. The minimum absolute atomic E-state index is 0.0785. The van der Waals surface area contributed by atoms with Crippen molar-refractivity contribution in [1.82, 2.24) is 30.1 Å². The van der Waals surface area contributed by atoms with Crippen molar-refractivity contribution >= 4 is 11.8 Å². The standard InChI is InChI=1S/C20H34N6O2/c1-16(2)21-20(28)18-15-26(23-22-18)13-10-24-8-11-25(12-9-24)19(27)14-17-6-4-3-5-7-17/h15-17H,3-14H2,1-2H3,(H,21,28). The number of aromatic nitrogens is 3. The normalized spacial score (nSPS) is 19.2. The molecule has 1 aromatic rings. The highest BCUT2D eigenvalue weighted by Crippen LogP contribution is 2.27. The van der Waals surface area contributed by atoms with Gasteiger partial charge in [-0.05, 0) is 32.6 Å². The van der Waals surface area contributed by atoms with Crippen molar-refractivity contribution in [2.24, 2.45) is 5.92 Å². The number of amides is 2. The monoisotopic (exact) mass is 390 g/mol. The van der Waals surface area contributed by atoms with Gasteiger partial charge in [0.2, 0.25) is 5.91 Å². The van der Waals surface area contributed by atoms with Gasteiger partial charge in [-0.25, -0.2) is 0 Å². The van der Waals surface area contributed by atoms with Crippen molar-refractivity contribution in [2.45, 2.75) is 65.0 Å². The fraction of sp³-hybridized carbons (Fsp3) is 0.800. The van der Waals surface area contributed by atoms with Crippen LogP contribution in [-0.2, 0) is 11.3 Å². The van der Waals surface area contributed by atoms with Crippen LogP contribution in [0.15, 0.2) is 6.20 Å². The zero-order valence-corrected chi connectivity index (χ0v) is 17.3. The molecule has 1 saturated carbocycles. The Bertz CT molecular complexity index is 645. The average molecular weight is 391 g/mol. The molecule has 1 aromatic heterocycles. The van der Waals surface area contributed by atoms with Gasteiger partial charge in [0.05, 0.1) is 12.7 Å². The molecule has 0 atom stereocenters. The van der Waals surface area contributed by atoms with Crippen molar-refractivity contribution in [1.29, 1.82) is 0 Å². The third-order valence-electron chi connectivity index (χ3n) is 5.75. The molecule has 156 valence electrons. The Labute approximate surface area is 167 Å². The van der Waals surface area contributed by atoms with Gasteiger partial charge in [0.25, 0.3) is 5.91 Å². The molecule has 2 aliphatic rings. The summed E-state index contributed by atoms with van der Waals surface area (Å²) < 4.78 is 1.72. The quantitative estimate of drug-likeness (QED) is 0.763. The van der Waals surface area contributed by atoms with E-state index in [0.717, 1.165) is 39.1 Å². The van der Waals surface area contributed by atoms with E-state index in [1.165, 1.54) is 32.1 Å². The summed E-state index contributed by atoms with van der Waals surface area (Å²) in [7, 11) is 0. The van der Waals surface area contributed by atoms with Crippen LogP contribution in [0.2, 0.25) is 0 Å². The lowest BCUT2D eigenvalue weighted by atomic mass is 9.86. The first-order chi connectivity index (χ1) is 13.5. The molecule has 0 aromatic carbocycles. The van der Waals surface area contributed by atoms with Gasteiger partial charge in [-0.1, -0.05) is 24.5 Å². The van der Waals surface area contributed by atoms with Crippen molar-refractivity contribution in [3.8, 4) is 0 Å². The molecule has 0 spiro atoms. The lowest BCUT2D eigenvalue weighted by molar-refractivity contribution is -0.134. The molecule has 8 heteroatoms. The van der Waals surface area contributed by atoms with Crippen LogP contribution in [0.25, 0.3) is 0 Å². The van der Waals surface area contributed by atoms with Gasteiger partial charge in [-0.3, -0.25) is 19.2 Å². The molecule has 2 fully saturated rings. The Balaban J connectivity index is 1.37. The molecule has 3 rings (SSSR count). The first-order valence-corrected chi connectivity index (χ1v) is 10.7. The molecule has 0 radical (unpaired) electrons. The fourth-order valence-electron chi connectivity index (χ4n) is 4.08. The molecule has 1 saturated heterocycles. The maximum Gasteiger partial charge on any atom is 0.273 e. The second kappa shape index (κ2) is 10.0. The zero-order valence-electron chi connectivity index (χ0n) is 17.3. The summed E-state index contributed by atoms with van der Waals surface area (Å²) in [5.74, 6) is 0.753. The maximum absolute atomic E-state index is 12.5. The summed E-state index contributed by atoms with van der Waals surface area (Å²) in [5, 5.41) is 10.8. The topological polar surface area (TPSA) is 83.4 Å². The number of carbonyl (C=O) groups excluding carboxylic acids is 2. The third-order valence-corrected chi connectivity index (χ3v) is 5.75. The third kappa shape index (κ3) is 6.02. The Morgan fingerprint density at radius 2 is 1.82 bits per heavy atom. The summed E-state index contributed by atoms with van der Waals surface area (Å²) in [6.45, 7) is 8.79. The molecule has 8 nitrogen and oxygen atoms in total. The smallest absolute Gasteiger partial charge is 0.273 e. The number of nitrogens with one attached hydrogen (secondary N) is 1. The van der Waals surface area contributed by atoms with Crippen LogP contribution < -0.4 is 5.32 Å². The average Bonchev–Trinajstić information content (AvgIpc) is 3.16. The van der Waals surface area contributed by atoms with Crippen molar-refractivity contribution in [3.05, 3.63) is 11.9 Å². The van der Waals surface area contributed by atoms with E-state index in [1.807, 2.05) is 18.7 Å². The van der Waals surface area contributed by atoms with E-state index in [2.05, 4.69) is 20.5 Å². The summed E-state index contributed by atoms with van der Waals surface area (Å²) in [5.41, 5.74) is 0.354. The number of hydrogen-bond donors (Lipinski definition) is 1. The Morgan fingerprint density at radius 1 is 1.11 bits per heavy atom. The molecule has 0 unspecified atom stereocenters. The molecule has 0 bridgehead atoms. The van der Waals surface area contributed by atoms with Crippen LogP contribution in [0.1, 0.15) is 62.9 Å². The van der Waals surface area contributed by atoms with Crippen LogP contribution >= 0.6 is 0 Å². The number of nitrogens with zero attached hydrogens (tertiary/aromatic N) is 5. The van der Waals surface area contributed by atoms with Crippen molar-refractivity contribution in [3.63, 3.8) is 0 Å². The van der Waals surface area contributed by atoms with E-state index in [4.69, 9.17) is 0 Å². The van der Waals surface area contributed by atoms with Crippen LogP contribution in [0.4, 0.5) is 0 Å². The van der Waals surface area contributed by atoms with Crippen molar-refractivity contribution in [2.75, 3.05) is 32.7 Å². The number of hydrogen-bond acceptors (Lipinski definition) is 5. The minimum atomic E-state index is -0.189. The second-order valence-corrected chi connectivity index (χ2v) is 8.43. The molecule has 28 heavy (non-hydrogen) atoms. The van der Waals surface area contributed by atoms with Crippen LogP contribution in [0.5, 0.6) is 0 Å². The molecule has 2 heterocycles. The molecule has 1 aliphatic carbocycles. The molecule has 1 N–H and O–H groups in total. The lowest BCUT2D eigenvalue weighted by Gasteiger charge is -2.35. The van der Waals surface area contributed by atoms with Gasteiger partial charge in [0.1, 0.15) is 0 Å². The van der Waals surface area contributed by atoms with Gasteiger partial charge in [0, 0.05) is 45.2 Å². The summed E-state index contributed by atoms with van der Waals surface area (Å²) in [6, 6.07) is 0.0785. The number of rotatable bonds is 7. The fourth-order valence-corrected chi connectivity index (χ4v) is 4.08. The Kier molecular flexibility index (Phi) is 7.42. The van der Waals surface area contributed by atoms with Crippen molar-refractivity contribution < 1.29 is 9.59 Å². The zero-order chi connectivity index (χ0) is 19.9. The van der Waals surface area contributed by atoms with E-state index in [9.17, 15) is 9.59 Å². The molecular weight excluding hydrogens is 356 g/mol. The SMILES string of the molecule is CC(C)NC(=O)c1cn(CCN2CCN(C(=O)CC3CCCCC3)CC2)nn1.